The van der Waals surface area contributed by atoms with E-state index < -0.39 is 17.2 Å². The third kappa shape index (κ3) is 2.16. The molecule has 0 N–H and O–H groups in total. The first-order valence-corrected chi connectivity index (χ1v) is 9.07. The first-order valence-electron chi connectivity index (χ1n) is 5.38. The van der Waals surface area contributed by atoms with Crippen LogP contribution in [0, 0.1) is 0 Å². The van der Waals surface area contributed by atoms with Gasteiger partial charge in [-0.05, 0) is 0 Å². The van der Waals surface area contributed by atoms with Crippen LogP contribution < -0.4 is 0 Å². The molecule has 0 radical (unpaired) electrons. The van der Waals surface area contributed by atoms with Gasteiger partial charge in [0.1, 0.15) is 0 Å². The number of allylic oxidation sites excluding steroid dienone is 4. The quantitative estimate of drug-likeness (QED) is 0.687. The van der Waals surface area contributed by atoms with Gasteiger partial charge < -0.3 is 0 Å². The van der Waals surface area contributed by atoms with E-state index in [-0.39, 0.29) is 0 Å². The Kier molecular flexibility index (Phi) is 3.89. The molecular weight excluding hydrogens is 231 g/mol. The molecule has 2 rings (SSSR count). The van der Waals surface area contributed by atoms with Crippen LogP contribution in [0.1, 0.15) is 32.6 Å². The van der Waals surface area contributed by atoms with E-state index in [0.717, 1.165) is 6.61 Å². The molecule has 1 atom stereocenters. The topological polar surface area (TPSA) is 9.23 Å². The first kappa shape index (κ1) is 10.9. The second-order valence-corrected chi connectivity index (χ2v) is 7.74. The summed E-state index contributed by atoms with van der Waals surface area (Å²) in [6.07, 6.45) is 9.77. The van der Waals surface area contributed by atoms with Gasteiger partial charge in [0.2, 0.25) is 0 Å². The van der Waals surface area contributed by atoms with Crippen molar-refractivity contribution in [2.45, 2.75) is 36.8 Å². The van der Waals surface area contributed by atoms with Crippen molar-refractivity contribution in [3.63, 3.8) is 0 Å². The molecule has 14 heavy (non-hydrogen) atoms. The standard InChI is InChI=1S/C9H11.C2H5O.ClH.Ti/c1-2-5-9-7-3-6-8(9)4-1;1-2-3;;/h3,6-7H,1-2,4-5H2;2H2,1H3;1H;/q;-1;;+2/p-1. The van der Waals surface area contributed by atoms with Gasteiger partial charge in [-0.25, -0.2) is 0 Å². The van der Waals surface area contributed by atoms with Crippen LogP contribution >= 0.6 is 9.30 Å². The van der Waals surface area contributed by atoms with E-state index in [2.05, 4.69) is 12.2 Å². The van der Waals surface area contributed by atoms with Crippen LogP contribution in [-0.2, 0) is 20.5 Å². The Morgan fingerprint density at radius 1 is 1.50 bits per heavy atom. The minimum atomic E-state index is -1.79. The molecule has 0 aromatic heterocycles. The Labute approximate surface area is 96.3 Å². The molecular formula is C11H16ClOTi. The third-order valence-electron chi connectivity index (χ3n) is 2.95. The van der Waals surface area contributed by atoms with E-state index in [0.29, 0.717) is 4.22 Å². The fraction of sp³-hybridized carbons (Fsp3) is 0.636. The Morgan fingerprint density at radius 3 is 3.07 bits per heavy atom. The maximum absolute atomic E-state index is 6.37. The number of hydrogen-bond acceptors (Lipinski definition) is 1. The molecule has 3 heteroatoms. The Balaban J connectivity index is 2.07. The fourth-order valence-corrected chi connectivity index (χ4v) is 5.60. The zero-order chi connectivity index (χ0) is 9.97. The normalized spacial score (nSPS) is 25.4. The molecule has 0 aromatic rings. The van der Waals surface area contributed by atoms with Crippen molar-refractivity contribution in [1.82, 2.24) is 0 Å². The van der Waals surface area contributed by atoms with E-state index in [1.54, 1.807) is 11.1 Å². The van der Waals surface area contributed by atoms with Crippen LogP contribution in [0.5, 0.6) is 0 Å². The van der Waals surface area contributed by atoms with Crippen LogP contribution in [0.2, 0.25) is 4.22 Å². The molecule has 0 bridgehead atoms. The monoisotopic (exact) mass is 247 g/mol. The van der Waals surface area contributed by atoms with E-state index >= 15 is 0 Å². The molecule has 2 aliphatic rings. The van der Waals surface area contributed by atoms with Crippen molar-refractivity contribution in [2.24, 2.45) is 0 Å². The first-order chi connectivity index (χ1) is 6.83. The molecule has 2 aliphatic carbocycles. The zero-order valence-electron chi connectivity index (χ0n) is 8.55. The van der Waals surface area contributed by atoms with Crippen LogP contribution in [0.4, 0.5) is 0 Å². The van der Waals surface area contributed by atoms with Crippen LogP contribution in [-0.4, -0.2) is 6.61 Å². The van der Waals surface area contributed by atoms with Gasteiger partial charge in [-0.15, -0.1) is 0 Å². The summed E-state index contributed by atoms with van der Waals surface area (Å²) in [5, 5.41) is 0. The molecule has 0 aliphatic heterocycles. The Bertz CT molecular complexity index is 272. The summed E-state index contributed by atoms with van der Waals surface area (Å²) in [6, 6.07) is 0. The molecule has 0 saturated carbocycles. The molecule has 1 unspecified atom stereocenters. The summed E-state index contributed by atoms with van der Waals surface area (Å²) in [5.41, 5.74) is 3.17. The maximum atomic E-state index is 6.37. The second kappa shape index (κ2) is 4.98. The second-order valence-electron chi connectivity index (χ2n) is 3.83. The van der Waals surface area contributed by atoms with Crippen LogP contribution in [0.15, 0.2) is 23.3 Å². The summed E-state index contributed by atoms with van der Waals surface area (Å²) in [5.74, 6) is 0. The van der Waals surface area contributed by atoms with E-state index in [1.165, 1.54) is 25.7 Å². The molecule has 0 heterocycles. The summed E-state index contributed by atoms with van der Waals surface area (Å²) in [7, 11) is 6.37. The summed E-state index contributed by atoms with van der Waals surface area (Å²) in [6.45, 7) is 2.80. The van der Waals surface area contributed by atoms with Gasteiger partial charge in [0.05, 0.1) is 0 Å². The minimum absolute atomic E-state index is 0.506. The van der Waals surface area contributed by atoms with Crippen molar-refractivity contribution < 1.29 is 20.5 Å². The van der Waals surface area contributed by atoms with Crippen molar-refractivity contribution in [3.8, 4) is 0 Å². The predicted molar refractivity (Wildman–Crippen MR) is 55.9 cm³/mol. The Morgan fingerprint density at radius 2 is 2.29 bits per heavy atom. The number of hydrogen-bond donors (Lipinski definition) is 0. The average Bonchev–Trinajstić information content (AvgIpc) is 2.61. The zero-order valence-corrected chi connectivity index (χ0v) is 10.9. The fourth-order valence-electron chi connectivity index (χ4n) is 2.27. The molecule has 1 nitrogen and oxygen atoms in total. The van der Waals surface area contributed by atoms with Gasteiger partial charge in [0.15, 0.2) is 0 Å². The van der Waals surface area contributed by atoms with Gasteiger partial charge in [-0.1, -0.05) is 0 Å². The molecule has 0 saturated heterocycles. The van der Waals surface area contributed by atoms with Crippen molar-refractivity contribution in [1.29, 1.82) is 0 Å². The van der Waals surface area contributed by atoms with Crippen molar-refractivity contribution in [2.75, 3.05) is 6.61 Å². The van der Waals surface area contributed by atoms with Gasteiger partial charge in [0, 0.05) is 0 Å². The third-order valence-corrected chi connectivity index (χ3v) is 6.86. The molecule has 0 fully saturated rings. The molecule has 0 aromatic carbocycles. The van der Waals surface area contributed by atoms with E-state index in [4.69, 9.17) is 12.6 Å². The summed E-state index contributed by atoms with van der Waals surface area (Å²) >= 11 is -1.79. The summed E-state index contributed by atoms with van der Waals surface area (Å²) in [4.78, 5) is 0. The average molecular weight is 248 g/mol. The van der Waals surface area contributed by atoms with Gasteiger partial charge in [-0.3, -0.25) is 0 Å². The van der Waals surface area contributed by atoms with Gasteiger partial charge in [-0.2, -0.15) is 0 Å². The van der Waals surface area contributed by atoms with Crippen molar-refractivity contribution >= 4 is 9.30 Å². The Hall–Kier alpha value is 0.444. The van der Waals surface area contributed by atoms with E-state index in [9.17, 15) is 0 Å². The molecule has 0 amide bonds. The molecule has 77 valence electrons. The summed E-state index contributed by atoms with van der Waals surface area (Å²) < 4.78 is 6.13. The number of rotatable bonds is 3. The van der Waals surface area contributed by atoms with Crippen LogP contribution in [0.3, 0.4) is 0 Å². The predicted octanol–water partition coefficient (Wildman–Crippen LogP) is 3.94. The van der Waals surface area contributed by atoms with Crippen LogP contribution in [0.25, 0.3) is 0 Å². The van der Waals surface area contributed by atoms with Gasteiger partial charge >= 0.3 is 96.6 Å². The SMILES string of the molecule is CC[O][Ti]([Cl])[CH]1C=CC2=C1CCCC2. The van der Waals surface area contributed by atoms with Crippen molar-refractivity contribution in [3.05, 3.63) is 23.3 Å². The van der Waals surface area contributed by atoms with Gasteiger partial charge in [0.25, 0.3) is 0 Å². The number of halogens is 1. The van der Waals surface area contributed by atoms with E-state index in [1.807, 2.05) is 6.92 Å². The molecule has 0 spiro atoms.